The third kappa shape index (κ3) is 10.5. The van der Waals surface area contributed by atoms with Gasteiger partial charge in [-0.3, -0.25) is 9.79 Å². The van der Waals surface area contributed by atoms with Crippen molar-refractivity contribution < 1.29 is 27.9 Å². The fourth-order valence-electron chi connectivity index (χ4n) is 3.39. The number of guanidine groups is 1. The molecule has 0 atom stereocenters. The standard InChI is InChI=1S/C19H31N5O.C2HF3O2/c1-2-18(25)24(15-11-22-19(20)21)17-9-13-23(14-10-17)12-8-16-6-4-3-5-7-16;3-2(4,5)1(6)7/h3-7,17H,2,8-15H2,1H3,(H4,20,21,22);(H,6,7). The number of hydrogen-bond acceptors (Lipinski definition) is 4. The Morgan fingerprint density at radius 1 is 1.19 bits per heavy atom. The van der Waals surface area contributed by atoms with Gasteiger partial charge in [0.05, 0.1) is 6.54 Å². The molecule has 1 aliphatic rings. The number of aliphatic carboxylic acids is 1. The van der Waals surface area contributed by atoms with E-state index in [-0.39, 0.29) is 11.9 Å². The number of rotatable bonds is 8. The highest BCUT2D eigenvalue weighted by molar-refractivity contribution is 5.77. The quantitative estimate of drug-likeness (QED) is 0.402. The molecule has 0 aromatic heterocycles. The molecule has 32 heavy (non-hydrogen) atoms. The Morgan fingerprint density at radius 2 is 1.75 bits per heavy atom. The van der Waals surface area contributed by atoms with Crippen LogP contribution < -0.4 is 11.5 Å². The number of alkyl halides is 3. The number of benzene rings is 1. The van der Waals surface area contributed by atoms with Crippen LogP contribution in [-0.4, -0.2) is 77.7 Å². The first-order chi connectivity index (χ1) is 15.0. The SMILES string of the molecule is CCC(=O)N(CCN=C(N)N)C1CCN(CCc2ccccc2)CC1.O=C(O)C(F)(F)F. The van der Waals surface area contributed by atoms with Crippen molar-refractivity contribution in [2.45, 2.75) is 44.8 Å². The summed E-state index contributed by atoms with van der Waals surface area (Å²) in [4.78, 5) is 29.7. The summed E-state index contributed by atoms with van der Waals surface area (Å²) in [6, 6.07) is 10.9. The fraction of sp³-hybridized carbons (Fsp3) is 0.571. The molecule has 1 aromatic rings. The van der Waals surface area contributed by atoms with Gasteiger partial charge in [0.2, 0.25) is 5.91 Å². The highest BCUT2D eigenvalue weighted by Crippen LogP contribution is 2.18. The van der Waals surface area contributed by atoms with E-state index in [1.807, 2.05) is 11.8 Å². The molecule has 1 aromatic carbocycles. The summed E-state index contributed by atoms with van der Waals surface area (Å²) in [6.07, 6.45) is -1.45. The zero-order valence-corrected chi connectivity index (χ0v) is 18.2. The number of carbonyl (C=O) groups excluding carboxylic acids is 1. The van der Waals surface area contributed by atoms with Crippen LogP contribution >= 0.6 is 0 Å². The number of carbonyl (C=O) groups is 2. The summed E-state index contributed by atoms with van der Waals surface area (Å²) in [7, 11) is 0. The molecule has 0 bridgehead atoms. The normalized spacial score (nSPS) is 14.8. The highest BCUT2D eigenvalue weighted by atomic mass is 19.4. The lowest BCUT2D eigenvalue weighted by Gasteiger charge is -2.38. The van der Waals surface area contributed by atoms with Gasteiger partial charge in [0.25, 0.3) is 0 Å². The maximum absolute atomic E-state index is 12.3. The number of aliphatic imine (C=N–C) groups is 1. The fourth-order valence-corrected chi connectivity index (χ4v) is 3.39. The molecule has 8 nitrogen and oxygen atoms in total. The minimum absolute atomic E-state index is 0.0830. The second-order valence-electron chi connectivity index (χ2n) is 7.36. The van der Waals surface area contributed by atoms with Gasteiger partial charge in [0.1, 0.15) is 0 Å². The Labute approximate surface area is 186 Å². The minimum atomic E-state index is -5.08. The Morgan fingerprint density at radius 3 is 2.22 bits per heavy atom. The van der Waals surface area contributed by atoms with E-state index in [2.05, 4.69) is 40.2 Å². The van der Waals surface area contributed by atoms with E-state index in [4.69, 9.17) is 21.4 Å². The second-order valence-corrected chi connectivity index (χ2v) is 7.36. The molecule has 1 fully saturated rings. The van der Waals surface area contributed by atoms with E-state index in [1.54, 1.807) is 0 Å². The number of halogens is 3. The average molecular weight is 460 g/mol. The monoisotopic (exact) mass is 459 g/mol. The van der Waals surface area contributed by atoms with Gasteiger partial charge in [-0.1, -0.05) is 37.3 Å². The zero-order chi connectivity index (χ0) is 24.1. The summed E-state index contributed by atoms with van der Waals surface area (Å²) in [5.41, 5.74) is 12.1. The molecule has 5 N–H and O–H groups in total. The number of amides is 1. The summed E-state index contributed by atoms with van der Waals surface area (Å²) in [5.74, 6) is -2.49. The van der Waals surface area contributed by atoms with Crippen LogP contribution in [0.25, 0.3) is 0 Å². The van der Waals surface area contributed by atoms with Gasteiger partial charge in [0.15, 0.2) is 5.96 Å². The van der Waals surface area contributed by atoms with Crippen molar-refractivity contribution in [3.05, 3.63) is 35.9 Å². The van der Waals surface area contributed by atoms with Gasteiger partial charge in [-0.15, -0.1) is 0 Å². The lowest BCUT2D eigenvalue weighted by molar-refractivity contribution is -0.192. The Kier molecular flexibility index (Phi) is 11.5. The lowest BCUT2D eigenvalue weighted by Crippen LogP contribution is -2.48. The highest BCUT2D eigenvalue weighted by Gasteiger charge is 2.38. The summed E-state index contributed by atoms with van der Waals surface area (Å²) in [5, 5.41) is 7.12. The van der Waals surface area contributed by atoms with E-state index < -0.39 is 12.1 Å². The van der Waals surface area contributed by atoms with Crippen molar-refractivity contribution in [2.75, 3.05) is 32.7 Å². The van der Waals surface area contributed by atoms with Crippen LogP contribution in [0.5, 0.6) is 0 Å². The molecule has 1 heterocycles. The van der Waals surface area contributed by atoms with Gasteiger partial charge >= 0.3 is 12.1 Å². The van der Waals surface area contributed by atoms with Crippen LogP contribution in [-0.2, 0) is 16.0 Å². The molecule has 0 radical (unpaired) electrons. The molecule has 2 rings (SSSR count). The molecule has 0 spiro atoms. The molecule has 11 heteroatoms. The van der Waals surface area contributed by atoms with Crippen molar-refractivity contribution in [3.63, 3.8) is 0 Å². The van der Waals surface area contributed by atoms with E-state index in [1.165, 1.54) is 5.56 Å². The predicted molar refractivity (Wildman–Crippen MR) is 116 cm³/mol. The van der Waals surface area contributed by atoms with Crippen LogP contribution in [0.3, 0.4) is 0 Å². The number of carboxylic acids is 1. The zero-order valence-electron chi connectivity index (χ0n) is 18.2. The summed E-state index contributed by atoms with van der Waals surface area (Å²) >= 11 is 0. The number of nitrogens with two attached hydrogens (primary N) is 2. The van der Waals surface area contributed by atoms with Gasteiger partial charge < -0.3 is 26.4 Å². The van der Waals surface area contributed by atoms with E-state index in [0.29, 0.717) is 25.6 Å². The Balaban J connectivity index is 0.000000633. The molecule has 0 saturated carbocycles. The lowest BCUT2D eigenvalue weighted by atomic mass is 10.0. The van der Waals surface area contributed by atoms with Gasteiger partial charge in [0, 0.05) is 38.6 Å². The number of hydrogen-bond donors (Lipinski definition) is 3. The van der Waals surface area contributed by atoms with E-state index in [0.717, 1.165) is 38.9 Å². The van der Waals surface area contributed by atoms with Gasteiger partial charge in [-0.2, -0.15) is 13.2 Å². The third-order valence-corrected chi connectivity index (χ3v) is 5.06. The molecule has 1 aliphatic heterocycles. The van der Waals surface area contributed by atoms with Gasteiger partial charge in [-0.25, -0.2) is 4.79 Å². The topological polar surface area (TPSA) is 125 Å². The van der Waals surface area contributed by atoms with Crippen molar-refractivity contribution in [1.29, 1.82) is 0 Å². The number of likely N-dealkylation sites (tertiary alicyclic amines) is 1. The first kappa shape index (κ1) is 27.2. The van der Waals surface area contributed by atoms with E-state index in [9.17, 15) is 18.0 Å². The van der Waals surface area contributed by atoms with Crippen LogP contribution in [0.15, 0.2) is 35.3 Å². The average Bonchev–Trinajstić information content (AvgIpc) is 2.75. The third-order valence-electron chi connectivity index (χ3n) is 5.06. The Bertz CT molecular complexity index is 732. The predicted octanol–water partition coefficient (Wildman–Crippen LogP) is 1.84. The maximum Gasteiger partial charge on any atom is 0.490 e. The molecule has 0 aliphatic carbocycles. The summed E-state index contributed by atoms with van der Waals surface area (Å²) < 4.78 is 31.7. The largest absolute Gasteiger partial charge is 0.490 e. The molecular formula is C21H32F3N5O3. The molecule has 1 saturated heterocycles. The van der Waals surface area contributed by atoms with E-state index >= 15 is 0 Å². The molecule has 1 amide bonds. The molecular weight excluding hydrogens is 427 g/mol. The molecule has 180 valence electrons. The van der Waals surface area contributed by atoms with Crippen molar-refractivity contribution in [1.82, 2.24) is 9.80 Å². The number of piperidine rings is 1. The van der Waals surface area contributed by atoms with Crippen LogP contribution in [0.1, 0.15) is 31.7 Å². The van der Waals surface area contributed by atoms with Crippen molar-refractivity contribution in [2.24, 2.45) is 16.5 Å². The van der Waals surface area contributed by atoms with Crippen molar-refractivity contribution in [3.8, 4) is 0 Å². The number of nitrogens with zero attached hydrogens (tertiary/aromatic N) is 3. The maximum atomic E-state index is 12.3. The smallest absolute Gasteiger partial charge is 0.475 e. The number of carboxylic acid groups (broad SMARTS) is 1. The first-order valence-electron chi connectivity index (χ1n) is 10.5. The molecule has 0 unspecified atom stereocenters. The van der Waals surface area contributed by atoms with Gasteiger partial charge in [-0.05, 0) is 24.8 Å². The second kappa shape index (κ2) is 13.6. The Hall–Kier alpha value is -2.82. The van der Waals surface area contributed by atoms with Crippen LogP contribution in [0.2, 0.25) is 0 Å². The van der Waals surface area contributed by atoms with Crippen LogP contribution in [0.4, 0.5) is 13.2 Å². The first-order valence-corrected chi connectivity index (χ1v) is 10.5. The van der Waals surface area contributed by atoms with Crippen LogP contribution in [0, 0.1) is 0 Å². The summed E-state index contributed by atoms with van der Waals surface area (Å²) in [6.45, 7) is 6.12. The van der Waals surface area contributed by atoms with Crippen molar-refractivity contribution >= 4 is 17.8 Å². The minimum Gasteiger partial charge on any atom is -0.475 e.